The highest BCUT2D eigenvalue weighted by molar-refractivity contribution is 5.75. The second-order valence-electron chi connectivity index (χ2n) is 6.11. The van der Waals surface area contributed by atoms with E-state index >= 15 is 0 Å². The highest BCUT2D eigenvalue weighted by Crippen LogP contribution is 2.42. The van der Waals surface area contributed by atoms with Crippen molar-refractivity contribution in [3.8, 4) is 5.75 Å². The number of hydrogen-bond acceptors (Lipinski definition) is 4. The number of pyridine rings is 1. The van der Waals surface area contributed by atoms with Gasteiger partial charge in [0.2, 0.25) is 5.79 Å². The van der Waals surface area contributed by atoms with Crippen LogP contribution in [-0.2, 0) is 4.74 Å². The minimum Gasteiger partial charge on any atom is -0.453 e. The van der Waals surface area contributed by atoms with Gasteiger partial charge < -0.3 is 14.8 Å². The number of fused-ring (bicyclic) bond motifs is 1. The standard InChI is InChI=1S/C19H22N2O2/c1-5-6-16-18-13(2)11-15(21-14-7-9-20-10-8-14)12-17(18)23-19(3,4)22-16/h6-12H,5H2,1-4H3,(H,20,21)/b16-6-. The number of benzene rings is 1. The fraction of sp³-hybridized carbons (Fsp3) is 0.316. The van der Waals surface area contributed by atoms with E-state index in [1.807, 2.05) is 32.0 Å². The summed E-state index contributed by atoms with van der Waals surface area (Å²) in [5.74, 6) is 1.07. The molecule has 0 saturated carbocycles. The molecule has 0 aliphatic carbocycles. The van der Waals surface area contributed by atoms with Crippen molar-refractivity contribution in [3.63, 3.8) is 0 Å². The Morgan fingerprint density at radius 2 is 1.87 bits per heavy atom. The molecule has 1 aliphatic heterocycles. The van der Waals surface area contributed by atoms with Crippen molar-refractivity contribution in [1.82, 2.24) is 4.98 Å². The summed E-state index contributed by atoms with van der Waals surface area (Å²) in [4.78, 5) is 4.04. The van der Waals surface area contributed by atoms with Crippen molar-refractivity contribution >= 4 is 17.1 Å². The molecule has 120 valence electrons. The van der Waals surface area contributed by atoms with Crippen molar-refractivity contribution < 1.29 is 9.47 Å². The number of rotatable bonds is 3. The van der Waals surface area contributed by atoms with Crippen LogP contribution < -0.4 is 10.1 Å². The van der Waals surface area contributed by atoms with E-state index in [4.69, 9.17) is 9.47 Å². The Hall–Kier alpha value is -2.49. The van der Waals surface area contributed by atoms with Crippen molar-refractivity contribution in [3.05, 3.63) is 53.9 Å². The lowest BCUT2D eigenvalue weighted by Crippen LogP contribution is -2.35. The zero-order chi connectivity index (χ0) is 16.4. The third-order valence-electron chi connectivity index (χ3n) is 3.62. The molecule has 2 aromatic rings. The number of allylic oxidation sites excluding steroid dienone is 1. The Morgan fingerprint density at radius 1 is 1.13 bits per heavy atom. The van der Waals surface area contributed by atoms with Crippen molar-refractivity contribution in [2.45, 2.75) is 39.9 Å². The molecule has 1 aliphatic rings. The van der Waals surface area contributed by atoms with Crippen molar-refractivity contribution in [1.29, 1.82) is 0 Å². The first-order valence-electron chi connectivity index (χ1n) is 7.89. The van der Waals surface area contributed by atoms with E-state index in [1.165, 1.54) is 0 Å². The Morgan fingerprint density at radius 3 is 2.57 bits per heavy atom. The molecule has 0 saturated heterocycles. The van der Waals surface area contributed by atoms with Crippen LogP contribution in [0.2, 0.25) is 0 Å². The molecule has 0 spiro atoms. The lowest BCUT2D eigenvalue weighted by molar-refractivity contribution is -0.112. The molecule has 4 heteroatoms. The Balaban J connectivity index is 2.02. The summed E-state index contributed by atoms with van der Waals surface area (Å²) in [6.45, 7) is 8.04. The Labute approximate surface area is 137 Å². The molecule has 1 aromatic carbocycles. The summed E-state index contributed by atoms with van der Waals surface area (Å²) in [6, 6.07) is 8.00. The van der Waals surface area contributed by atoms with E-state index in [1.54, 1.807) is 12.4 Å². The van der Waals surface area contributed by atoms with E-state index < -0.39 is 5.79 Å². The van der Waals surface area contributed by atoms with Gasteiger partial charge in [0.05, 0.1) is 5.56 Å². The normalized spacial score (nSPS) is 17.1. The van der Waals surface area contributed by atoms with Gasteiger partial charge in [0.1, 0.15) is 11.5 Å². The molecule has 0 radical (unpaired) electrons. The number of nitrogens with zero attached hydrogens (tertiary/aromatic N) is 1. The lowest BCUT2D eigenvalue weighted by atomic mass is 10.0. The molecule has 3 rings (SSSR count). The fourth-order valence-electron chi connectivity index (χ4n) is 2.76. The van der Waals surface area contributed by atoms with Gasteiger partial charge in [0.25, 0.3) is 0 Å². The van der Waals surface area contributed by atoms with Gasteiger partial charge in [0.15, 0.2) is 0 Å². The van der Waals surface area contributed by atoms with Crippen LogP contribution in [0.3, 0.4) is 0 Å². The number of anilines is 2. The molecule has 1 N–H and O–H groups in total. The Kier molecular flexibility index (Phi) is 3.99. The summed E-state index contributed by atoms with van der Waals surface area (Å²) in [7, 11) is 0. The smallest absolute Gasteiger partial charge is 0.245 e. The monoisotopic (exact) mass is 310 g/mol. The maximum atomic E-state index is 6.04. The predicted octanol–water partition coefficient (Wildman–Crippen LogP) is 5.03. The quantitative estimate of drug-likeness (QED) is 0.863. The molecular weight excluding hydrogens is 288 g/mol. The first kappa shape index (κ1) is 15.4. The third-order valence-corrected chi connectivity index (χ3v) is 3.62. The molecule has 0 amide bonds. The first-order valence-corrected chi connectivity index (χ1v) is 7.89. The second kappa shape index (κ2) is 5.95. The van der Waals surface area contributed by atoms with Crippen LogP contribution in [0.1, 0.15) is 38.3 Å². The molecule has 2 heterocycles. The molecule has 0 unspecified atom stereocenters. The first-order chi connectivity index (χ1) is 11.0. The number of aryl methyl sites for hydroxylation is 1. The molecule has 4 nitrogen and oxygen atoms in total. The van der Waals surface area contributed by atoms with E-state index in [9.17, 15) is 0 Å². The maximum absolute atomic E-state index is 6.04. The van der Waals surface area contributed by atoms with E-state index in [0.717, 1.165) is 40.4 Å². The van der Waals surface area contributed by atoms with Crippen molar-refractivity contribution in [2.75, 3.05) is 5.32 Å². The van der Waals surface area contributed by atoms with E-state index in [-0.39, 0.29) is 0 Å². The molecule has 1 aromatic heterocycles. The van der Waals surface area contributed by atoms with E-state index in [0.29, 0.717) is 0 Å². The summed E-state index contributed by atoms with van der Waals surface area (Å²) in [6.07, 6.45) is 6.56. The average molecular weight is 310 g/mol. The van der Waals surface area contributed by atoms with Gasteiger partial charge in [-0.2, -0.15) is 0 Å². The van der Waals surface area contributed by atoms with Crippen molar-refractivity contribution in [2.24, 2.45) is 0 Å². The van der Waals surface area contributed by atoms with Crippen LogP contribution in [0.15, 0.2) is 42.7 Å². The number of hydrogen-bond donors (Lipinski definition) is 1. The van der Waals surface area contributed by atoms with Gasteiger partial charge in [-0.15, -0.1) is 0 Å². The third kappa shape index (κ3) is 3.31. The van der Waals surface area contributed by atoms with Crippen LogP contribution >= 0.6 is 0 Å². The van der Waals surface area contributed by atoms with Gasteiger partial charge in [-0.25, -0.2) is 0 Å². The zero-order valence-electron chi connectivity index (χ0n) is 14.0. The largest absolute Gasteiger partial charge is 0.453 e. The average Bonchev–Trinajstić information content (AvgIpc) is 2.46. The van der Waals surface area contributed by atoms with Crippen LogP contribution in [0.4, 0.5) is 11.4 Å². The topological polar surface area (TPSA) is 43.4 Å². The predicted molar refractivity (Wildman–Crippen MR) is 92.8 cm³/mol. The molecule has 0 atom stereocenters. The molecular formula is C19H22N2O2. The summed E-state index contributed by atoms with van der Waals surface area (Å²) >= 11 is 0. The maximum Gasteiger partial charge on any atom is 0.245 e. The fourth-order valence-corrected chi connectivity index (χ4v) is 2.76. The number of nitrogens with one attached hydrogen (secondary N) is 1. The minimum atomic E-state index is -0.671. The van der Waals surface area contributed by atoms with E-state index in [2.05, 4.69) is 36.3 Å². The Bertz CT molecular complexity index is 737. The highest BCUT2D eigenvalue weighted by Gasteiger charge is 2.32. The van der Waals surface area contributed by atoms with Gasteiger partial charge in [-0.1, -0.05) is 6.92 Å². The van der Waals surface area contributed by atoms with Crippen LogP contribution in [0.5, 0.6) is 5.75 Å². The van der Waals surface area contributed by atoms with Crippen LogP contribution in [-0.4, -0.2) is 10.8 Å². The van der Waals surface area contributed by atoms with Gasteiger partial charge in [-0.3, -0.25) is 4.98 Å². The van der Waals surface area contributed by atoms with Crippen LogP contribution in [0, 0.1) is 6.92 Å². The minimum absolute atomic E-state index is 0.671. The lowest BCUT2D eigenvalue weighted by Gasteiger charge is -2.35. The van der Waals surface area contributed by atoms with Crippen LogP contribution in [0.25, 0.3) is 5.76 Å². The molecule has 0 bridgehead atoms. The van der Waals surface area contributed by atoms with Gasteiger partial charge >= 0.3 is 0 Å². The molecule has 0 fully saturated rings. The van der Waals surface area contributed by atoms with Gasteiger partial charge in [-0.05, 0) is 43.2 Å². The number of aromatic nitrogens is 1. The summed E-state index contributed by atoms with van der Waals surface area (Å²) in [5, 5.41) is 3.39. The van der Waals surface area contributed by atoms with Gasteiger partial charge in [0, 0.05) is 43.7 Å². The SMILES string of the molecule is CC/C=C1\OC(C)(C)Oc2cc(Nc3ccncc3)cc(C)c21. The second-order valence-corrected chi connectivity index (χ2v) is 6.11. The zero-order valence-corrected chi connectivity index (χ0v) is 14.0. The molecule has 23 heavy (non-hydrogen) atoms. The highest BCUT2D eigenvalue weighted by atomic mass is 16.7. The summed E-state index contributed by atoms with van der Waals surface area (Å²) < 4.78 is 12.0. The summed E-state index contributed by atoms with van der Waals surface area (Å²) in [5.41, 5.74) is 4.14. The number of ether oxygens (including phenoxy) is 2.